The van der Waals surface area contributed by atoms with Crippen LogP contribution >= 0.6 is 11.6 Å². The van der Waals surface area contributed by atoms with E-state index >= 15 is 0 Å². The molecular formula is C10H3B4ClN2O2. The van der Waals surface area contributed by atoms with E-state index in [9.17, 15) is 0 Å². The Hall–Kier alpha value is -1.29. The van der Waals surface area contributed by atoms with E-state index in [0.717, 1.165) is 0 Å². The van der Waals surface area contributed by atoms with Gasteiger partial charge in [-0.3, -0.25) is 0 Å². The van der Waals surface area contributed by atoms with Crippen LogP contribution in [0.3, 0.4) is 0 Å². The number of nitrogens with zero attached hydrogens (tertiary/aromatic N) is 2. The predicted octanol–water partition coefficient (Wildman–Crippen LogP) is 0.0360. The Kier molecular flexibility index (Phi) is 2.58. The smallest absolute Gasteiger partial charge is 0.161 e. The van der Waals surface area contributed by atoms with Gasteiger partial charge in [-0.1, -0.05) is 11.6 Å². The van der Waals surface area contributed by atoms with Gasteiger partial charge in [0.15, 0.2) is 11.5 Å². The van der Waals surface area contributed by atoms with Crippen molar-refractivity contribution in [2.24, 2.45) is 0 Å². The van der Waals surface area contributed by atoms with Gasteiger partial charge in [-0.2, -0.15) is 0 Å². The van der Waals surface area contributed by atoms with Crippen LogP contribution in [0, 0.1) is 0 Å². The maximum Gasteiger partial charge on any atom is 0.161 e. The maximum absolute atomic E-state index is 5.97. The average molecular weight is 262 g/mol. The molecule has 4 nitrogen and oxygen atoms in total. The van der Waals surface area contributed by atoms with Gasteiger partial charge in [0.2, 0.25) is 0 Å². The van der Waals surface area contributed by atoms with Crippen LogP contribution in [0.25, 0.3) is 10.9 Å². The summed E-state index contributed by atoms with van der Waals surface area (Å²) in [6, 6.07) is 3.14. The Balaban J connectivity index is 2.22. The van der Waals surface area contributed by atoms with Crippen molar-refractivity contribution in [3.8, 4) is 11.5 Å². The molecule has 0 bridgehead atoms. The molecule has 0 spiro atoms. The molecule has 0 saturated carbocycles. The highest BCUT2D eigenvalue weighted by molar-refractivity contribution is 6.53. The minimum absolute atomic E-state index is 0.265. The Morgan fingerprint density at radius 1 is 0.947 bits per heavy atom. The van der Waals surface area contributed by atoms with Gasteiger partial charge in [0, 0.05) is 22.3 Å². The fourth-order valence-corrected chi connectivity index (χ4v) is 1.91. The lowest BCUT2D eigenvalue weighted by atomic mass is 9.41. The van der Waals surface area contributed by atoms with Crippen molar-refractivity contribution < 1.29 is 9.47 Å². The quantitative estimate of drug-likeness (QED) is 0.496. The molecule has 2 aromatic rings. The van der Waals surface area contributed by atoms with Gasteiger partial charge in [-0.05, 0) is 6.07 Å². The van der Waals surface area contributed by atoms with Gasteiger partial charge < -0.3 is 9.47 Å². The van der Waals surface area contributed by atoms with Gasteiger partial charge >= 0.3 is 0 Å². The molecule has 0 atom stereocenters. The summed E-state index contributed by atoms with van der Waals surface area (Å²) in [6.07, 6.45) is 1.33. The van der Waals surface area contributed by atoms with E-state index in [-0.39, 0.29) is 16.7 Å². The standard InChI is InChI=1S/C10H3B4ClN2O2/c11-9(12)10(13,14)19-7-2-5-4(1-6(7)18-9)8(15)17-3-16-5/h1-3H. The second kappa shape index (κ2) is 3.85. The van der Waals surface area contributed by atoms with E-state index in [1.165, 1.54) is 6.33 Å². The van der Waals surface area contributed by atoms with Crippen molar-refractivity contribution in [3.05, 3.63) is 23.6 Å². The molecule has 19 heavy (non-hydrogen) atoms. The van der Waals surface area contributed by atoms with E-state index in [1.54, 1.807) is 12.1 Å². The fraction of sp³-hybridized carbons (Fsp3) is 0.200. The topological polar surface area (TPSA) is 44.2 Å². The first-order valence-corrected chi connectivity index (χ1v) is 5.66. The molecule has 3 rings (SSSR count). The Bertz CT molecular complexity index is 680. The zero-order chi connectivity index (χ0) is 13.8. The molecule has 0 amide bonds. The van der Waals surface area contributed by atoms with Gasteiger partial charge in [0.25, 0.3) is 0 Å². The van der Waals surface area contributed by atoms with E-state index in [0.29, 0.717) is 10.9 Å². The number of benzene rings is 1. The molecule has 8 radical (unpaired) electrons. The number of hydrogen-bond donors (Lipinski definition) is 0. The Morgan fingerprint density at radius 2 is 1.53 bits per heavy atom. The van der Waals surface area contributed by atoms with Crippen LogP contribution in [0.2, 0.25) is 5.15 Å². The predicted molar refractivity (Wildman–Crippen MR) is 74.3 cm³/mol. The van der Waals surface area contributed by atoms with E-state index in [2.05, 4.69) is 9.97 Å². The Labute approximate surface area is 119 Å². The van der Waals surface area contributed by atoms with Crippen molar-refractivity contribution in [2.75, 3.05) is 0 Å². The van der Waals surface area contributed by atoms with E-state index in [4.69, 9.17) is 52.5 Å². The highest BCUT2D eigenvalue weighted by Gasteiger charge is 2.43. The molecule has 0 N–H and O–H groups in total. The summed E-state index contributed by atoms with van der Waals surface area (Å²) in [6.45, 7) is 0. The van der Waals surface area contributed by atoms with Gasteiger partial charge in [0.1, 0.15) is 42.9 Å². The summed E-state index contributed by atoms with van der Waals surface area (Å²) in [5.41, 5.74) is 0.555. The van der Waals surface area contributed by atoms with Crippen LogP contribution in [0.15, 0.2) is 18.5 Å². The SMILES string of the molecule is [B]C1([B])Oc2cc3ncnc(Cl)c3cc2OC1([B])[B]. The molecule has 1 aromatic carbocycles. The molecule has 84 valence electrons. The lowest BCUT2D eigenvalue weighted by Gasteiger charge is -2.48. The van der Waals surface area contributed by atoms with Gasteiger partial charge in [-0.15, -0.1) is 0 Å². The molecule has 0 aliphatic carbocycles. The fourth-order valence-electron chi connectivity index (χ4n) is 1.72. The lowest BCUT2D eigenvalue weighted by molar-refractivity contribution is 0.0621. The highest BCUT2D eigenvalue weighted by atomic mass is 35.5. The molecule has 1 aliphatic rings. The number of fused-ring (bicyclic) bond motifs is 2. The monoisotopic (exact) mass is 262 g/mol. The van der Waals surface area contributed by atoms with Crippen molar-refractivity contribution in [3.63, 3.8) is 0 Å². The number of ether oxygens (including phenoxy) is 2. The molecule has 9 heteroatoms. The third kappa shape index (κ3) is 1.89. The number of aromatic nitrogens is 2. The van der Waals surface area contributed by atoms with Crippen LogP contribution in [0.5, 0.6) is 11.5 Å². The number of halogens is 1. The van der Waals surface area contributed by atoms with Crippen molar-refractivity contribution >= 4 is 53.9 Å². The summed E-state index contributed by atoms with van der Waals surface area (Å²) in [4.78, 5) is 7.93. The van der Waals surface area contributed by atoms with E-state index < -0.39 is 10.8 Å². The number of rotatable bonds is 0. The first-order chi connectivity index (χ1) is 8.80. The van der Waals surface area contributed by atoms with Crippen molar-refractivity contribution in [1.82, 2.24) is 9.97 Å². The van der Waals surface area contributed by atoms with Crippen LogP contribution in [0.4, 0.5) is 0 Å². The summed E-state index contributed by atoms with van der Waals surface area (Å²) >= 11 is 5.97. The summed E-state index contributed by atoms with van der Waals surface area (Å²) in [5, 5.41) is -2.91. The van der Waals surface area contributed by atoms with Crippen LogP contribution in [-0.2, 0) is 0 Å². The minimum atomic E-state index is -1.88. The van der Waals surface area contributed by atoms with Crippen molar-refractivity contribution in [2.45, 2.75) is 10.8 Å². The first-order valence-electron chi connectivity index (χ1n) is 5.28. The largest absolute Gasteiger partial charge is 0.501 e. The third-order valence-corrected chi connectivity index (χ3v) is 3.12. The zero-order valence-corrected chi connectivity index (χ0v) is 10.4. The summed E-state index contributed by atoms with van der Waals surface area (Å²) in [5.74, 6) is 0.541. The van der Waals surface area contributed by atoms with E-state index in [1.807, 2.05) is 0 Å². The van der Waals surface area contributed by atoms with Crippen LogP contribution in [-0.4, -0.2) is 52.2 Å². The molecule has 0 unspecified atom stereocenters. The average Bonchev–Trinajstić information content (AvgIpc) is 2.29. The summed E-state index contributed by atoms with van der Waals surface area (Å²) < 4.78 is 10.7. The Morgan fingerprint density at radius 3 is 2.16 bits per heavy atom. The molecular weight excluding hydrogens is 259 g/mol. The first kappa shape index (κ1) is 12.7. The normalized spacial score (nSPS) is 19.2. The third-order valence-electron chi connectivity index (χ3n) is 2.82. The highest BCUT2D eigenvalue weighted by Crippen LogP contribution is 2.41. The molecule has 1 aromatic heterocycles. The van der Waals surface area contributed by atoms with Gasteiger partial charge in [-0.25, -0.2) is 9.97 Å². The molecule has 1 aliphatic heterocycles. The second-order valence-electron chi connectivity index (χ2n) is 4.27. The van der Waals surface area contributed by atoms with Gasteiger partial charge in [0.05, 0.1) is 5.52 Å². The minimum Gasteiger partial charge on any atom is -0.501 e. The lowest BCUT2D eigenvalue weighted by Crippen LogP contribution is -2.65. The molecule has 2 heterocycles. The maximum atomic E-state index is 5.97. The second-order valence-corrected chi connectivity index (χ2v) is 4.63. The number of hydrogen-bond acceptors (Lipinski definition) is 4. The van der Waals surface area contributed by atoms with Crippen LogP contribution < -0.4 is 9.47 Å². The molecule has 0 fully saturated rings. The molecule has 0 saturated heterocycles. The summed E-state index contributed by atoms with van der Waals surface area (Å²) in [7, 11) is 22.7. The zero-order valence-electron chi connectivity index (χ0n) is 9.63. The van der Waals surface area contributed by atoms with Crippen molar-refractivity contribution in [1.29, 1.82) is 0 Å². The van der Waals surface area contributed by atoms with Crippen LogP contribution in [0.1, 0.15) is 0 Å².